The van der Waals surface area contributed by atoms with Crippen molar-refractivity contribution in [2.24, 2.45) is 11.5 Å². The highest BCUT2D eigenvalue weighted by molar-refractivity contribution is 8.76. The topological polar surface area (TPSA) is 86.2 Å². The fourth-order valence-electron chi connectivity index (χ4n) is 1.63. The number of carbonyl (C=O) groups is 2. The van der Waals surface area contributed by atoms with E-state index in [-0.39, 0.29) is 0 Å². The van der Waals surface area contributed by atoms with E-state index in [0.29, 0.717) is 31.0 Å². The molecule has 0 unspecified atom stereocenters. The van der Waals surface area contributed by atoms with E-state index >= 15 is 0 Å². The SMILES string of the molecule is NC(=O)c1ccc(Cl)cc1SSc1cc(Cl)ccc1C(N)=O. The highest BCUT2D eigenvalue weighted by atomic mass is 35.5. The van der Waals surface area contributed by atoms with Crippen molar-refractivity contribution in [3.8, 4) is 0 Å². The lowest BCUT2D eigenvalue weighted by atomic mass is 10.2. The predicted octanol–water partition coefficient (Wildman–Crippen LogP) is 3.99. The lowest BCUT2D eigenvalue weighted by molar-refractivity contribution is 0.0989. The van der Waals surface area contributed by atoms with Crippen molar-refractivity contribution >= 4 is 56.6 Å². The first-order valence-electron chi connectivity index (χ1n) is 5.91. The van der Waals surface area contributed by atoms with Crippen molar-refractivity contribution in [1.29, 1.82) is 0 Å². The molecule has 0 bridgehead atoms. The molecule has 0 aliphatic carbocycles. The summed E-state index contributed by atoms with van der Waals surface area (Å²) < 4.78 is 0. The van der Waals surface area contributed by atoms with Gasteiger partial charge < -0.3 is 11.5 Å². The quantitative estimate of drug-likeness (QED) is 0.776. The van der Waals surface area contributed by atoms with Crippen LogP contribution in [0.5, 0.6) is 0 Å². The lowest BCUT2D eigenvalue weighted by Gasteiger charge is -2.09. The maximum absolute atomic E-state index is 11.4. The van der Waals surface area contributed by atoms with E-state index < -0.39 is 11.8 Å². The first-order chi connectivity index (χ1) is 10.4. The zero-order valence-electron chi connectivity index (χ0n) is 11.0. The summed E-state index contributed by atoms with van der Waals surface area (Å²) in [4.78, 5) is 24.1. The Hall–Kier alpha value is -1.34. The number of halogens is 2. The smallest absolute Gasteiger partial charge is 0.249 e. The minimum Gasteiger partial charge on any atom is -0.366 e. The van der Waals surface area contributed by atoms with Crippen LogP contribution in [0.15, 0.2) is 46.2 Å². The summed E-state index contributed by atoms with van der Waals surface area (Å²) in [5.41, 5.74) is 11.4. The number of nitrogens with two attached hydrogens (primary N) is 2. The van der Waals surface area contributed by atoms with Crippen LogP contribution in [0.1, 0.15) is 20.7 Å². The van der Waals surface area contributed by atoms with Gasteiger partial charge >= 0.3 is 0 Å². The Morgan fingerprint density at radius 3 is 1.45 bits per heavy atom. The van der Waals surface area contributed by atoms with Crippen molar-refractivity contribution < 1.29 is 9.59 Å². The summed E-state index contributed by atoms with van der Waals surface area (Å²) in [7, 11) is 2.50. The van der Waals surface area contributed by atoms with Crippen molar-refractivity contribution in [1.82, 2.24) is 0 Å². The number of primary amides is 2. The van der Waals surface area contributed by atoms with Crippen molar-refractivity contribution in [2.75, 3.05) is 0 Å². The Kier molecular flexibility index (Phi) is 5.63. The lowest BCUT2D eigenvalue weighted by Crippen LogP contribution is -2.12. The maximum Gasteiger partial charge on any atom is 0.249 e. The van der Waals surface area contributed by atoms with Gasteiger partial charge in [0.05, 0.1) is 11.1 Å². The molecule has 0 radical (unpaired) electrons. The number of hydrogen-bond donors (Lipinski definition) is 2. The zero-order chi connectivity index (χ0) is 16.3. The molecule has 0 aromatic heterocycles. The van der Waals surface area contributed by atoms with Crippen LogP contribution in [0, 0.1) is 0 Å². The maximum atomic E-state index is 11.4. The van der Waals surface area contributed by atoms with Crippen LogP contribution in [0.2, 0.25) is 10.0 Å². The van der Waals surface area contributed by atoms with Gasteiger partial charge in [0.25, 0.3) is 0 Å². The molecule has 8 heteroatoms. The van der Waals surface area contributed by atoms with E-state index in [1.165, 1.54) is 21.6 Å². The van der Waals surface area contributed by atoms with E-state index in [9.17, 15) is 9.59 Å². The molecule has 0 spiro atoms. The molecular formula is C14H10Cl2N2O2S2. The summed E-state index contributed by atoms with van der Waals surface area (Å²) in [5.74, 6) is -1.11. The predicted molar refractivity (Wildman–Crippen MR) is 91.7 cm³/mol. The standard InChI is InChI=1S/C14H10Cl2N2O2S2/c15-7-1-3-9(13(17)19)11(5-7)21-22-12-6-8(16)2-4-10(12)14(18)20/h1-6H,(H2,17,19)(H2,18,20). The van der Waals surface area contributed by atoms with Crippen molar-refractivity contribution in [3.63, 3.8) is 0 Å². The van der Waals surface area contributed by atoms with Crippen LogP contribution in [0.25, 0.3) is 0 Å². The Bertz CT molecular complexity index is 690. The molecule has 4 nitrogen and oxygen atoms in total. The van der Waals surface area contributed by atoms with E-state index in [1.807, 2.05) is 0 Å². The third-order valence-electron chi connectivity index (χ3n) is 2.64. The summed E-state index contributed by atoms with van der Waals surface area (Å²) in [6.45, 7) is 0. The number of rotatable bonds is 5. The molecule has 2 rings (SSSR count). The van der Waals surface area contributed by atoms with E-state index in [0.717, 1.165) is 0 Å². The van der Waals surface area contributed by atoms with E-state index in [2.05, 4.69) is 0 Å². The van der Waals surface area contributed by atoms with Gasteiger partial charge in [0.15, 0.2) is 0 Å². The molecule has 4 N–H and O–H groups in total. The van der Waals surface area contributed by atoms with E-state index in [4.69, 9.17) is 34.7 Å². The number of amides is 2. The Morgan fingerprint density at radius 1 is 0.773 bits per heavy atom. The van der Waals surface area contributed by atoms with Crippen molar-refractivity contribution in [2.45, 2.75) is 9.79 Å². The molecule has 0 aliphatic heterocycles. The van der Waals surface area contributed by atoms with Gasteiger partial charge in [-0.3, -0.25) is 9.59 Å². The Balaban J connectivity index is 2.31. The van der Waals surface area contributed by atoms with Gasteiger partial charge in [0.2, 0.25) is 11.8 Å². The summed E-state index contributed by atoms with van der Waals surface area (Å²) in [6, 6.07) is 9.55. The molecule has 2 aromatic rings. The highest BCUT2D eigenvalue weighted by Gasteiger charge is 2.14. The molecule has 114 valence electrons. The minimum atomic E-state index is -0.555. The normalized spacial score (nSPS) is 10.5. The molecule has 0 heterocycles. The molecule has 2 amide bonds. The molecule has 0 saturated heterocycles. The second-order valence-corrected chi connectivity index (χ2v) is 7.26. The van der Waals surface area contributed by atoms with E-state index in [1.54, 1.807) is 36.4 Å². The van der Waals surface area contributed by atoms with Crippen LogP contribution >= 0.6 is 44.8 Å². The van der Waals surface area contributed by atoms with Gasteiger partial charge in [-0.1, -0.05) is 44.8 Å². The Morgan fingerprint density at radius 2 is 1.14 bits per heavy atom. The summed E-state index contributed by atoms with van der Waals surface area (Å²) in [5, 5.41) is 0.962. The van der Waals surface area contributed by atoms with Gasteiger partial charge in [-0.15, -0.1) is 0 Å². The number of benzene rings is 2. The average molecular weight is 373 g/mol. The largest absolute Gasteiger partial charge is 0.366 e. The van der Waals surface area contributed by atoms with Crippen LogP contribution in [0.4, 0.5) is 0 Å². The number of hydrogen-bond acceptors (Lipinski definition) is 4. The molecule has 0 atom stereocenters. The number of carbonyl (C=O) groups excluding carboxylic acids is 2. The highest BCUT2D eigenvalue weighted by Crippen LogP contribution is 2.42. The molecule has 0 saturated carbocycles. The summed E-state index contributed by atoms with van der Waals surface area (Å²) >= 11 is 11.9. The fourth-order valence-corrected chi connectivity index (χ4v) is 4.51. The minimum absolute atomic E-state index is 0.351. The van der Waals surface area contributed by atoms with Gasteiger partial charge in [-0.25, -0.2) is 0 Å². The van der Waals surface area contributed by atoms with Crippen molar-refractivity contribution in [3.05, 3.63) is 57.6 Å². The third-order valence-corrected chi connectivity index (χ3v) is 5.55. The van der Waals surface area contributed by atoms with Gasteiger partial charge in [0, 0.05) is 19.8 Å². The second-order valence-electron chi connectivity index (χ2n) is 4.18. The average Bonchev–Trinajstić information content (AvgIpc) is 2.44. The fraction of sp³-hybridized carbons (Fsp3) is 0. The van der Waals surface area contributed by atoms with Gasteiger partial charge in [0.1, 0.15) is 0 Å². The molecule has 0 fully saturated rings. The monoisotopic (exact) mass is 372 g/mol. The molecule has 22 heavy (non-hydrogen) atoms. The first kappa shape index (κ1) is 17.0. The van der Waals surface area contributed by atoms with Crippen LogP contribution in [-0.4, -0.2) is 11.8 Å². The van der Waals surface area contributed by atoms with Crippen LogP contribution < -0.4 is 11.5 Å². The zero-order valence-corrected chi connectivity index (χ0v) is 14.2. The van der Waals surface area contributed by atoms with Gasteiger partial charge in [-0.05, 0) is 36.4 Å². The van der Waals surface area contributed by atoms with Crippen LogP contribution in [-0.2, 0) is 0 Å². The summed E-state index contributed by atoms with van der Waals surface area (Å²) in [6.07, 6.45) is 0. The molecule has 2 aromatic carbocycles. The van der Waals surface area contributed by atoms with Crippen LogP contribution in [0.3, 0.4) is 0 Å². The molecule has 0 aliphatic rings. The van der Waals surface area contributed by atoms with Gasteiger partial charge in [-0.2, -0.15) is 0 Å². The third kappa shape index (κ3) is 4.10. The first-order valence-corrected chi connectivity index (χ1v) is 8.82. The molecular weight excluding hydrogens is 363 g/mol. The second kappa shape index (κ2) is 7.28. The Labute approximate surface area is 144 Å².